The lowest BCUT2D eigenvalue weighted by atomic mass is 10.2. The molecule has 1 aliphatic heterocycles. The zero-order chi connectivity index (χ0) is 9.26. The lowest BCUT2D eigenvalue weighted by molar-refractivity contribution is -0.113. The number of fused-ring (bicyclic) bond motifs is 1. The van der Waals surface area contributed by atoms with Gasteiger partial charge < -0.3 is 5.73 Å². The topological polar surface area (TPSA) is 56.0 Å². The molecule has 0 saturated carbocycles. The van der Waals surface area contributed by atoms with Crippen molar-refractivity contribution in [3.05, 3.63) is 34.9 Å². The molecule has 0 aromatic carbocycles. The molecule has 2 rings (SSSR count). The number of pyridine rings is 1. The third kappa shape index (κ3) is 1.58. The van der Waals surface area contributed by atoms with Gasteiger partial charge in [0.25, 0.3) is 5.91 Å². The van der Waals surface area contributed by atoms with Crippen LogP contribution in [0.2, 0.25) is 0 Å². The molecule has 1 aliphatic rings. The van der Waals surface area contributed by atoms with Crippen LogP contribution < -0.4 is 5.73 Å². The van der Waals surface area contributed by atoms with Gasteiger partial charge in [-0.3, -0.25) is 4.79 Å². The monoisotopic (exact) mass is 192 g/mol. The van der Waals surface area contributed by atoms with Crippen LogP contribution in [0.25, 0.3) is 0 Å². The van der Waals surface area contributed by atoms with Crippen molar-refractivity contribution in [3.63, 3.8) is 0 Å². The van der Waals surface area contributed by atoms with Gasteiger partial charge in [0.05, 0.1) is 4.91 Å². The second-order valence-corrected chi connectivity index (χ2v) is 3.74. The van der Waals surface area contributed by atoms with E-state index in [2.05, 4.69) is 4.98 Å². The predicted octanol–water partition coefficient (Wildman–Crippen LogP) is 1.10. The van der Waals surface area contributed by atoms with E-state index in [4.69, 9.17) is 5.73 Å². The van der Waals surface area contributed by atoms with Gasteiger partial charge in [-0.25, -0.2) is 4.98 Å². The first kappa shape index (κ1) is 8.31. The molecule has 0 aliphatic carbocycles. The summed E-state index contributed by atoms with van der Waals surface area (Å²) in [4.78, 5) is 15.6. The average molecular weight is 192 g/mol. The minimum Gasteiger partial charge on any atom is -0.365 e. The van der Waals surface area contributed by atoms with Crippen LogP contribution in [0.4, 0.5) is 0 Å². The van der Waals surface area contributed by atoms with Crippen LogP contribution in [-0.4, -0.2) is 10.9 Å². The highest BCUT2D eigenvalue weighted by Crippen LogP contribution is 2.32. The maximum atomic E-state index is 10.9. The Kier molecular flexibility index (Phi) is 2.06. The zero-order valence-electron chi connectivity index (χ0n) is 6.86. The number of nitrogens with zero attached hydrogens (tertiary/aromatic N) is 1. The highest BCUT2D eigenvalue weighted by Gasteiger charge is 2.15. The number of amides is 1. The fourth-order valence-corrected chi connectivity index (χ4v) is 2.04. The van der Waals surface area contributed by atoms with Crippen molar-refractivity contribution < 1.29 is 4.79 Å². The molecular weight excluding hydrogens is 184 g/mol. The van der Waals surface area contributed by atoms with Crippen LogP contribution in [-0.2, 0) is 11.2 Å². The predicted molar refractivity (Wildman–Crippen MR) is 51.1 cm³/mol. The Morgan fingerprint density at radius 2 is 2.46 bits per heavy atom. The molecule has 0 saturated heterocycles. The molecule has 13 heavy (non-hydrogen) atoms. The molecule has 1 amide bonds. The summed E-state index contributed by atoms with van der Waals surface area (Å²) >= 11 is 1.34. The van der Waals surface area contributed by atoms with Crippen LogP contribution in [0.3, 0.4) is 0 Å². The Bertz CT molecular complexity index is 387. The standard InChI is InChI=1S/C9H8N2OS/c10-8(12)7-4-3-6-2-1-5-11-9(6)13-7/h1-2,4-5H,3H2,(H2,10,12). The van der Waals surface area contributed by atoms with Gasteiger partial charge in [-0.1, -0.05) is 23.9 Å². The molecule has 4 heteroatoms. The number of allylic oxidation sites excluding steroid dienone is 1. The number of aromatic nitrogens is 1. The summed E-state index contributed by atoms with van der Waals surface area (Å²) in [5, 5.41) is 0.888. The molecule has 2 N–H and O–H groups in total. The number of rotatable bonds is 1. The fourth-order valence-electron chi connectivity index (χ4n) is 1.17. The third-order valence-electron chi connectivity index (χ3n) is 1.81. The number of hydrogen-bond donors (Lipinski definition) is 1. The van der Waals surface area contributed by atoms with E-state index in [1.165, 1.54) is 11.8 Å². The van der Waals surface area contributed by atoms with Crippen LogP contribution in [0.15, 0.2) is 34.3 Å². The van der Waals surface area contributed by atoms with E-state index in [1.54, 1.807) is 6.20 Å². The van der Waals surface area contributed by atoms with Gasteiger partial charge in [-0.05, 0) is 18.1 Å². The average Bonchev–Trinajstić information content (AvgIpc) is 2.17. The summed E-state index contributed by atoms with van der Waals surface area (Å²) < 4.78 is 0. The van der Waals surface area contributed by atoms with Crippen molar-refractivity contribution >= 4 is 17.7 Å². The van der Waals surface area contributed by atoms with Gasteiger partial charge in [0, 0.05) is 6.20 Å². The lowest BCUT2D eigenvalue weighted by Crippen LogP contribution is -2.14. The molecule has 0 unspecified atom stereocenters. The van der Waals surface area contributed by atoms with Gasteiger partial charge in [-0.2, -0.15) is 0 Å². The van der Waals surface area contributed by atoms with Gasteiger partial charge in [0.15, 0.2) is 0 Å². The van der Waals surface area contributed by atoms with Crippen molar-refractivity contribution in [2.45, 2.75) is 11.4 Å². The minimum atomic E-state index is -0.374. The first-order valence-electron chi connectivity index (χ1n) is 3.89. The SMILES string of the molecule is NC(=O)C1=CCc2cccnc2S1. The fraction of sp³-hybridized carbons (Fsp3) is 0.111. The zero-order valence-corrected chi connectivity index (χ0v) is 7.67. The van der Waals surface area contributed by atoms with E-state index in [9.17, 15) is 4.79 Å². The molecule has 1 aromatic rings. The molecular formula is C9H8N2OS. The van der Waals surface area contributed by atoms with E-state index >= 15 is 0 Å². The lowest BCUT2D eigenvalue weighted by Gasteiger charge is -2.12. The van der Waals surface area contributed by atoms with Gasteiger partial charge in [0.1, 0.15) is 5.03 Å². The number of carbonyl (C=O) groups is 1. The Morgan fingerprint density at radius 1 is 1.62 bits per heavy atom. The summed E-state index contributed by atoms with van der Waals surface area (Å²) in [6.45, 7) is 0. The molecule has 0 radical (unpaired) electrons. The van der Waals surface area contributed by atoms with Crippen LogP contribution in [0, 0.1) is 0 Å². The van der Waals surface area contributed by atoms with Gasteiger partial charge in [-0.15, -0.1) is 0 Å². The number of thioether (sulfide) groups is 1. The Balaban J connectivity index is 2.33. The summed E-state index contributed by atoms with van der Waals surface area (Å²) in [5.41, 5.74) is 6.32. The van der Waals surface area contributed by atoms with Crippen molar-refractivity contribution in [3.8, 4) is 0 Å². The van der Waals surface area contributed by atoms with E-state index in [0.29, 0.717) is 4.91 Å². The molecule has 66 valence electrons. The third-order valence-corrected chi connectivity index (χ3v) is 2.96. The van der Waals surface area contributed by atoms with Crippen molar-refractivity contribution in [1.29, 1.82) is 0 Å². The Hall–Kier alpha value is -1.29. The first-order valence-corrected chi connectivity index (χ1v) is 4.71. The van der Waals surface area contributed by atoms with E-state index in [1.807, 2.05) is 18.2 Å². The summed E-state index contributed by atoms with van der Waals surface area (Å²) in [5.74, 6) is -0.374. The first-order chi connectivity index (χ1) is 6.27. The van der Waals surface area contributed by atoms with Gasteiger partial charge in [0.2, 0.25) is 0 Å². The van der Waals surface area contributed by atoms with E-state index < -0.39 is 0 Å². The highest BCUT2D eigenvalue weighted by molar-refractivity contribution is 8.04. The smallest absolute Gasteiger partial charge is 0.255 e. The van der Waals surface area contributed by atoms with E-state index in [0.717, 1.165) is 17.0 Å². The number of carbonyl (C=O) groups excluding carboxylic acids is 1. The summed E-state index contributed by atoms with van der Waals surface area (Å²) in [7, 11) is 0. The van der Waals surface area contributed by atoms with E-state index in [-0.39, 0.29) is 5.91 Å². The minimum absolute atomic E-state index is 0.374. The van der Waals surface area contributed by atoms with Crippen LogP contribution in [0.5, 0.6) is 0 Å². The van der Waals surface area contributed by atoms with Crippen LogP contribution >= 0.6 is 11.8 Å². The molecule has 0 fully saturated rings. The molecule has 1 aromatic heterocycles. The molecule has 0 atom stereocenters. The Morgan fingerprint density at radius 3 is 3.23 bits per heavy atom. The number of hydrogen-bond acceptors (Lipinski definition) is 3. The second kappa shape index (κ2) is 3.22. The summed E-state index contributed by atoms with van der Waals surface area (Å²) in [6.07, 6.45) is 4.31. The van der Waals surface area contributed by atoms with Crippen molar-refractivity contribution in [2.75, 3.05) is 0 Å². The van der Waals surface area contributed by atoms with Crippen molar-refractivity contribution in [2.24, 2.45) is 5.73 Å². The second-order valence-electron chi connectivity index (χ2n) is 2.71. The van der Waals surface area contributed by atoms with Gasteiger partial charge >= 0.3 is 0 Å². The van der Waals surface area contributed by atoms with Crippen LogP contribution in [0.1, 0.15) is 5.56 Å². The number of primary amides is 1. The highest BCUT2D eigenvalue weighted by atomic mass is 32.2. The maximum absolute atomic E-state index is 10.9. The molecule has 2 heterocycles. The molecule has 0 spiro atoms. The maximum Gasteiger partial charge on any atom is 0.255 e. The molecule has 0 bridgehead atoms. The summed E-state index contributed by atoms with van der Waals surface area (Å²) in [6, 6.07) is 3.89. The normalized spacial score (nSPS) is 14.6. The Labute approximate surface area is 80.0 Å². The quantitative estimate of drug-likeness (QED) is 0.724. The molecule has 3 nitrogen and oxygen atoms in total. The van der Waals surface area contributed by atoms with Crippen molar-refractivity contribution in [1.82, 2.24) is 4.98 Å². The largest absolute Gasteiger partial charge is 0.365 e. The number of nitrogens with two attached hydrogens (primary N) is 1.